The van der Waals surface area contributed by atoms with Crippen molar-refractivity contribution in [1.29, 1.82) is 0 Å². The first-order valence-electron chi connectivity index (χ1n) is 11.3. The van der Waals surface area contributed by atoms with Gasteiger partial charge in [-0.15, -0.1) is 11.3 Å². The summed E-state index contributed by atoms with van der Waals surface area (Å²) in [6, 6.07) is 20.3. The molecule has 9 nitrogen and oxygen atoms in total. The zero-order valence-corrected chi connectivity index (χ0v) is 22.0. The van der Waals surface area contributed by atoms with Crippen LogP contribution in [0.5, 0.6) is 11.5 Å². The fourth-order valence-corrected chi connectivity index (χ4v) is 5.66. The summed E-state index contributed by atoms with van der Waals surface area (Å²) in [6.07, 6.45) is 1.51. The molecule has 3 aromatic carbocycles. The third-order valence-corrected chi connectivity index (χ3v) is 7.89. The van der Waals surface area contributed by atoms with Gasteiger partial charge in [-0.25, -0.2) is 18.4 Å². The van der Waals surface area contributed by atoms with Gasteiger partial charge in [0.05, 0.1) is 35.9 Å². The molecule has 0 aliphatic rings. The van der Waals surface area contributed by atoms with Gasteiger partial charge in [0, 0.05) is 34.3 Å². The maximum absolute atomic E-state index is 13.4. The van der Waals surface area contributed by atoms with Crippen LogP contribution in [0.2, 0.25) is 0 Å². The number of para-hydroxylation sites is 1. The van der Waals surface area contributed by atoms with Crippen molar-refractivity contribution in [3.05, 3.63) is 89.9 Å². The number of ether oxygens (including phenoxy) is 2. The van der Waals surface area contributed by atoms with Crippen LogP contribution in [0.25, 0.3) is 22.2 Å². The predicted octanol–water partition coefficient (Wildman–Crippen LogP) is 5.43. The maximum Gasteiger partial charge on any atom is 0.263 e. The number of benzene rings is 3. The highest BCUT2D eigenvalue weighted by molar-refractivity contribution is 7.93. The molecule has 5 aromatic rings. The molecule has 0 radical (unpaired) electrons. The highest BCUT2D eigenvalue weighted by Crippen LogP contribution is 2.34. The Labute approximate surface area is 223 Å². The molecule has 0 aliphatic heterocycles. The average Bonchev–Trinajstić information content (AvgIpc) is 3.44. The van der Waals surface area contributed by atoms with Crippen molar-refractivity contribution in [3.63, 3.8) is 0 Å². The zero-order chi connectivity index (χ0) is 26.7. The molecule has 2 N–H and O–H groups in total. The van der Waals surface area contributed by atoms with Crippen molar-refractivity contribution in [1.82, 2.24) is 9.97 Å². The number of fused-ring (bicyclic) bond motifs is 1. The van der Waals surface area contributed by atoms with Gasteiger partial charge in [0.1, 0.15) is 11.5 Å². The Morgan fingerprint density at radius 1 is 0.947 bits per heavy atom. The molecular formula is C27H22N4O5S2. The molecule has 0 spiro atoms. The number of thiazole rings is 1. The van der Waals surface area contributed by atoms with E-state index in [2.05, 4.69) is 15.0 Å². The van der Waals surface area contributed by atoms with Crippen molar-refractivity contribution in [3.8, 4) is 22.8 Å². The normalized spacial score (nSPS) is 11.2. The van der Waals surface area contributed by atoms with Crippen LogP contribution in [0.1, 0.15) is 10.4 Å². The van der Waals surface area contributed by atoms with E-state index in [0.29, 0.717) is 44.9 Å². The fraction of sp³-hybridized carbons (Fsp3) is 0.0741. The minimum absolute atomic E-state index is 0.0500. The summed E-state index contributed by atoms with van der Waals surface area (Å²) < 4.78 is 38.5. The number of anilines is 2. The van der Waals surface area contributed by atoms with E-state index in [9.17, 15) is 13.2 Å². The Hall–Kier alpha value is -4.48. The first kappa shape index (κ1) is 25.2. The van der Waals surface area contributed by atoms with E-state index in [0.717, 1.165) is 0 Å². The van der Waals surface area contributed by atoms with E-state index in [1.165, 1.54) is 41.8 Å². The molecule has 38 heavy (non-hydrogen) atoms. The smallest absolute Gasteiger partial charge is 0.263 e. The Balaban J connectivity index is 1.46. The minimum atomic E-state index is -3.80. The van der Waals surface area contributed by atoms with Crippen molar-refractivity contribution >= 4 is 49.0 Å². The number of rotatable bonds is 8. The average molecular weight is 547 g/mol. The SMILES string of the molecule is COc1ccc(-c2cc(C(=O)Nc3ccc(S(=O)(=O)Nc4nccs4)cc3)c3ccccc3n2)c(OC)c1. The van der Waals surface area contributed by atoms with Crippen LogP contribution >= 0.6 is 11.3 Å². The van der Waals surface area contributed by atoms with E-state index in [4.69, 9.17) is 14.5 Å². The Morgan fingerprint density at radius 2 is 1.74 bits per heavy atom. The van der Waals surface area contributed by atoms with Crippen LogP contribution in [0.3, 0.4) is 0 Å². The lowest BCUT2D eigenvalue weighted by Gasteiger charge is -2.13. The van der Waals surface area contributed by atoms with Gasteiger partial charge in [-0.05, 0) is 48.5 Å². The minimum Gasteiger partial charge on any atom is -0.497 e. The number of methoxy groups -OCH3 is 2. The summed E-state index contributed by atoms with van der Waals surface area (Å²) in [7, 11) is -0.668. The number of nitrogens with zero attached hydrogens (tertiary/aromatic N) is 2. The van der Waals surface area contributed by atoms with Crippen molar-refractivity contribution in [2.75, 3.05) is 24.3 Å². The summed E-state index contributed by atoms with van der Waals surface area (Å²) in [5.74, 6) is 0.826. The van der Waals surface area contributed by atoms with Gasteiger partial charge in [0.15, 0.2) is 5.13 Å². The van der Waals surface area contributed by atoms with Crippen LogP contribution in [0.4, 0.5) is 10.8 Å². The molecule has 2 heterocycles. The molecule has 2 aromatic heterocycles. The lowest BCUT2D eigenvalue weighted by molar-refractivity contribution is 0.102. The molecular weight excluding hydrogens is 524 g/mol. The fourth-order valence-electron chi connectivity index (χ4n) is 3.87. The summed E-state index contributed by atoms with van der Waals surface area (Å²) >= 11 is 1.18. The number of amides is 1. The van der Waals surface area contributed by atoms with E-state index in [1.54, 1.807) is 37.8 Å². The third-order valence-electron chi connectivity index (χ3n) is 5.72. The molecule has 11 heteroatoms. The van der Waals surface area contributed by atoms with Crippen molar-refractivity contribution in [2.45, 2.75) is 4.90 Å². The summed E-state index contributed by atoms with van der Waals surface area (Å²) in [4.78, 5) is 22.2. The van der Waals surface area contributed by atoms with Gasteiger partial charge < -0.3 is 14.8 Å². The third kappa shape index (κ3) is 5.15. The molecule has 0 atom stereocenters. The lowest BCUT2D eigenvalue weighted by atomic mass is 10.0. The number of sulfonamides is 1. The zero-order valence-electron chi connectivity index (χ0n) is 20.3. The van der Waals surface area contributed by atoms with Crippen LogP contribution in [-0.4, -0.2) is 38.5 Å². The standard InChI is InChI=1S/C27H22N4O5S2/c1-35-18-9-12-21(25(15-18)36-2)24-16-22(20-5-3-4-6-23(20)30-24)26(32)29-17-7-10-19(11-8-17)38(33,34)31-27-28-13-14-37-27/h3-16H,1-2H3,(H,28,31)(H,29,32). The second kappa shape index (κ2) is 10.5. The van der Waals surface area contributed by atoms with Crippen LogP contribution in [0.15, 0.2) is 89.3 Å². The summed E-state index contributed by atoms with van der Waals surface area (Å²) in [6.45, 7) is 0. The number of pyridine rings is 1. The number of nitrogens with one attached hydrogen (secondary N) is 2. The quantitative estimate of drug-likeness (QED) is 0.266. The number of carbonyl (C=O) groups excluding carboxylic acids is 1. The van der Waals surface area contributed by atoms with Crippen LogP contribution in [0, 0.1) is 0 Å². The second-order valence-corrected chi connectivity index (χ2v) is 10.6. The van der Waals surface area contributed by atoms with Gasteiger partial charge >= 0.3 is 0 Å². The van der Waals surface area contributed by atoms with Gasteiger partial charge in [-0.2, -0.15) is 0 Å². The van der Waals surface area contributed by atoms with Crippen LogP contribution in [-0.2, 0) is 10.0 Å². The number of hydrogen-bond donors (Lipinski definition) is 2. The molecule has 5 rings (SSSR count). The topological polar surface area (TPSA) is 120 Å². The second-order valence-electron chi connectivity index (χ2n) is 8.06. The van der Waals surface area contributed by atoms with E-state index in [1.807, 2.05) is 30.3 Å². The molecule has 0 fully saturated rings. The van der Waals surface area contributed by atoms with E-state index >= 15 is 0 Å². The molecule has 192 valence electrons. The predicted molar refractivity (Wildman–Crippen MR) is 148 cm³/mol. The first-order valence-corrected chi connectivity index (χ1v) is 13.7. The van der Waals surface area contributed by atoms with Gasteiger partial charge in [0.2, 0.25) is 0 Å². The van der Waals surface area contributed by atoms with E-state index < -0.39 is 10.0 Å². The first-order chi connectivity index (χ1) is 18.4. The molecule has 1 amide bonds. The summed E-state index contributed by atoms with van der Waals surface area (Å²) in [5.41, 5.74) is 2.75. The van der Waals surface area contributed by atoms with Gasteiger partial charge in [-0.3, -0.25) is 9.52 Å². The van der Waals surface area contributed by atoms with Crippen molar-refractivity contribution in [2.24, 2.45) is 0 Å². The lowest BCUT2D eigenvalue weighted by Crippen LogP contribution is -2.14. The molecule has 0 saturated heterocycles. The maximum atomic E-state index is 13.4. The Morgan fingerprint density at radius 3 is 2.45 bits per heavy atom. The number of aromatic nitrogens is 2. The highest BCUT2D eigenvalue weighted by atomic mass is 32.2. The van der Waals surface area contributed by atoms with Gasteiger partial charge in [-0.1, -0.05) is 18.2 Å². The largest absolute Gasteiger partial charge is 0.497 e. The number of hydrogen-bond acceptors (Lipinski definition) is 8. The molecule has 0 aliphatic carbocycles. The number of carbonyl (C=O) groups is 1. The Kier molecular flexibility index (Phi) is 6.95. The summed E-state index contributed by atoms with van der Waals surface area (Å²) in [5, 5.41) is 5.48. The van der Waals surface area contributed by atoms with Crippen molar-refractivity contribution < 1.29 is 22.7 Å². The molecule has 0 saturated carbocycles. The molecule has 0 unspecified atom stereocenters. The van der Waals surface area contributed by atoms with E-state index in [-0.39, 0.29) is 15.9 Å². The van der Waals surface area contributed by atoms with Crippen LogP contribution < -0.4 is 19.5 Å². The molecule has 0 bridgehead atoms. The Bertz CT molecular complexity index is 1720. The monoisotopic (exact) mass is 546 g/mol. The highest BCUT2D eigenvalue weighted by Gasteiger charge is 2.18. The van der Waals surface area contributed by atoms with Gasteiger partial charge in [0.25, 0.3) is 15.9 Å².